The Bertz CT molecular complexity index is 200. The highest BCUT2D eigenvalue weighted by molar-refractivity contribution is 5.59. The average molecular weight is 138 g/mol. The molecule has 0 N–H and O–H groups in total. The van der Waals surface area contributed by atoms with Gasteiger partial charge in [0.2, 0.25) is 0 Å². The van der Waals surface area contributed by atoms with E-state index in [1.54, 1.807) is 17.3 Å². The molecule has 0 bridgehead atoms. The first-order valence-electron chi connectivity index (χ1n) is 3.18. The molecule has 0 saturated carbocycles. The minimum absolute atomic E-state index is 0.461. The summed E-state index contributed by atoms with van der Waals surface area (Å²) in [5.41, 5.74) is 0. The molecule has 4 nitrogen and oxygen atoms in total. The fraction of sp³-hybridized carbons (Fsp3) is 0.500. The van der Waals surface area contributed by atoms with Crippen LogP contribution in [-0.4, -0.2) is 21.1 Å². The third kappa shape index (κ3) is 1.97. The first kappa shape index (κ1) is 6.92. The number of nitrogens with zero attached hydrogens (tertiary/aromatic N) is 4. The highest BCUT2D eigenvalue weighted by Crippen LogP contribution is 1.86. The van der Waals surface area contributed by atoms with E-state index in [0.717, 1.165) is 0 Å². The second-order valence-electron chi connectivity index (χ2n) is 2.35. The van der Waals surface area contributed by atoms with E-state index in [-0.39, 0.29) is 0 Å². The van der Waals surface area contributed by atoms with Gasteiger partial charge in [-0.05, 0) is 5.92 Å². The molecule has 1 heterocycles. The summed E-state index contributed by atoms with van der Waals surface area (Å²) in [6.45, 7) is 4.13. The lowest BCUT2D eigenvalue weighted by molar-refractivity contribution is 0.833. The van der Waals surface area contributed by atoms with Gasteiger partial charge in [0, 0.05) is 6.21 Å². The van der Waals surface area contributed by atoms with Gasteiger partial charge in [0.25, 0.3) is 0 Å². The molecule has 54 valence electrons. The second-order valence-corrected chi connectivity index (χ2v) is 2.35. The number of hydrogen-bond acceptors (Lipinski definition) is 3. The summed E-state index contributed by atoms with van der Waals surface area (Å²) in [5.74, 6) is 0.461. The molecule has 0 aliphatic heterocycles. The summed E-state index contributed by atoms with van der Waals surface area (Å²) in [5, 5.41) is 11.2. The predicted molar refractivity (Wildman–Crippen MR) is 38.8 cm³/mol. The van der Waals surface area contributed by atoms with Crippen LogP contribution in [0.4, 0.5) is 0 Å². The van der Waals surface area contributed by atoms with Gasteiger partial charge in [-0.2, -0.15) is 5.10 Å². The van der Waals surface area contributed by atoms with Crippen LogP contribution >= 0.6 is 0 Å². The van der Waals surface area contributed by atoms with Gasteiger partial charge in [0.05, 0.1) is 0 Å². The molecule has 0 unspecified atom stereocenters. The van der Waals surface area contributed by atoms with E-state index in [2.05, 4.69) is 29.1 Å². The largest absolute Gasteiger partial charge is 0.208 e. The fourth-order valence-corrected chi connectivity index (χ4v) is 0.465. The summed E-state index contributed by atoms with van der Waals surface area (Å²) < 4.78 is 1.57. The molecule has 1 aromatic rings. The minimum atomic E-state index is 0.461. The van der Waals surface area contributed by atoms with Crippen LogP contribution in [0.1, 0.15) is 13.8 Å². The third-order valence-electron chi connectivity index (χ3n) is 0.905. The van der Waals surface area contributed by atoms with Crippen molar-refractivity contribution < 1.29 is 0 Å². The summed E-state index contributed by atoms with van der Waals surface area (Å²) in [7, 11) is 0. The van der Waals surface area contributed by atoms with Crippen molar-refractivity contribution in [3.05, 3.63) is 12.7 Å². The lowest BCUT2D eigenvalue weighted by Crippen LogP contribution is -1.91. The maximum Gasteiger partial charge on any atom is 0.141 e. The molecule has 0 amide bonds. The van der Waals surface area contributed by atoms with E-state index >= 15 is 0 Å². The van der Waals surface area contributed by atoms with Crippen molar-refractivity contribution in [2.75, 3.05) is 0 Å². The molecule has 0 radical (unpaired) electrons. The smallest absolute Gasteiger partial charge is 0.141 e. The Labute approximate surface area is 59.6 Å². The standard InChI is InChI=1S/C6H10N4/c1-6(2)3-9-10-4-7-8-5-10/h3-6H,1-2H3/b9-3+. The minimum Gasteiger partial charge on any atom is -0.208 e. The summed E-state index contributed by atoms with van der Waals surface area (Å²) in [6.07, 6.45) is 4.95. The van der Waals surface area contributed by atoms with Gasteiger partial charge >= 0.3 is 0 Å². The van der Waals surface area contributed by atoms with Gasteiger partial charge in [-0.1, -0.05) is 13.8 Å². The Morgan fingerprint density at radius 3 is 2.50 bits per heavy atom. The van der Waals surface area contributed by atoms with Crippen LogP contribution in [0.5, 0.6) is 0 Å². The van der Waals surface area contributed by atoms with Crippen molar-refractivity contribution in [3.63, 3.8) is 0 Å². The summed E-state index contributed by atoms with van der Waals surface area (Å²) >= 11 is 0. The lowest BCUT2D eigenvalue weighted by Gasteiger charge is -1.91. The molecule has 1 aromatic heterocycles. The molecule has 0 atom stereocenters. The third-order valence-corrected chi connectivity index (χ3v) is 0.905. The Morgan fingerprint density at radius 2 is 2.00 bits per heavy atom. The monoisotopic (exact) mass is 138 g/mol. The normalized spacial score (nSPS) is 11.5. The van der Waals surface area contributed by atoms with E-state index in [0.29, 0.717) is 5.92 Å². The van der Waals surface area contributed by atoms with Crippen LogP contribution < -0.4 is 0 Å². The first-order valence-corrected chi connectivity index (χ1v) is 3.18. The highest BCUT2D eigenvalue weighted by Gasteiger charge is 1.85. The molecule has 1 rings (SSSR count). The number of rotatable bonds is 2. The van der Waals surface area contributed by atoms with Crippen molar-refractivity contribution in [1.29, 1.82) is 0 Å². The Balaban J connectivity index is 2.55. The Hall–Kier alpha value is -1.19. The molecular formula is C6H10N4. The van der Waals surface area contributed by atoms with Crippen LogP contribution in [0, 0.1) is 5.92 Å². The van der Waals surface area contributed by atoms with Crippen LogP contribution in [0.3, 0.4) is 0 Å². The van der Waals surface area contributed by atoms with Gasteiger partial charge in [-0.15, -0.1) is 10.2 Å². The van der Waals surface area contributed by atoms with Crippen molar-refractivity contribution in [3.8, 4) is 0 Å². The zero-order valence-corrected chi connectivity index (χ0v) is 6.10. The molecule has 4 heteroatoms. The highest BCUT2D eigenvalue weighted by atomic mass is 15.4. The van der Waals surface area contributed by atoms with E-state index in [9.17, 15) is 0 Å². The quantitative estimate of drug-likeness (QED) is 0.566. The SMILES string of the molecule is CC(C)/C=N/n1cnnc1. The van der Waals surface area contributed by atoms with Crippen molar-refractivity contribution in [2.45, 2.75) is 13.8 Å². The molecule has 10 heavy (non-hydrogen) atoms. The van der Waals surface area contributed by atoms with Crippen LogP contribution in [0.25, 0.3) is 0 Å². The molecule has 0 spiro atoms. The molecule has 0 aromatic carbocycles. The number of hydrogen-bond donors (Lipinski definition) is 0. The second kappa shape index (κ2) is 3.10. The van der Waals surface area contributed by atoms with Crippen LogP contribution in [0.2, 0.25) is 0 Å². The van der Waals surface area contributed by atoms with Crippen molar-refractivity contribution in [1.82, 2.24) is 14.9 Å². The van der Waals surface area contributed by atoms with Crippen molar-refractivity contribution in [2.24, 2.45) is 11.0 Å². The molecule has 0 fully saturated rings. The maximum atomic E-state index is 4.03. The van der Waals surface area contributed by atoms with Gasteiger partial charge in [0.15, 0.2) is 0 Å². The molecule has 0 aliphatic rings. The van der Waals surface area contributed by atoms with Crippen molar-refractivity contribution >= 4 is 6.21 Å². The molecule has 0 saturated heterocycles. The van der Waals surface area contributed by atoms with Gasteiger partial charge in [-0.3, -0.25) is 0 Å². The van der Waals surface area contributed by atoms with E-state index in [1.165, 1.54) is 0 Å². The average Bonchev–Trinajstić information content (AvgIpc) is 2.34. The summed E-state index contributed by atoms with van der Waals surface area (Å²) in [4.78, 5) is 0. The zero-order chi connectivity index (χ0) is 7.40. The van der Waals surface area contributed by atoms with E-state index in [4.69, 9.17) is 0 Å². The lowest BCUT2D eigenvalue weighted by atomic mass is 10.3. The zero-order valence-electron chi connectivity index (χ0n) is 6.10. The van der Waals surface area contributed by atoms with E-state index < -0.39 is 0 Å². The van der Waals surface area contributed by atoms with Gasteiger partial charge in [0.1, 0.15) is 12.7 Å². The summed E-state index contributed by atoms with van der Waals surface area (Å²) in [6, 6.07) is 0. The van der Waals surface area contributed by atoms with Crippen LogP contribution in [-0.2, 0) is 0 Å². The molecule has 0 aliphatic carbocycles. The fourth-order valence-electron chi connectivity index (χ4n) is 0.465. The molecular weight excluding hydrogens is 128 g/mol. The van der Waals surface area contributed by atoms with Gasteiger partial charge in [-0.25, -0.2) is 4.68 Å². The van der Waals surface area contributed by atoms with Gasteiger partial charge < -0.3 is 0 Å². The Kier molecular flexibility index (Phi) is 2.15. The number of aromatic nitrogens is 3. The topological polar surface area (TPSA) is 43.1 Å². The maximum absolute atomic E-state index is 4.03. The Morgan fingerprint density at radius 1 is 1.40 bits per heavy atom. The first-order chi connectivity index (χ1) is 4.79. The van der Waals surface area contributed by atoms with E-state index in [1.807, 2.05) is 6.21 Å². The van der Waals surface area contributed by atoms with Crippen LogP contribution in [0.15, 0.2) is 17.8 Å². The predicted octanol–water partition coefficient (Wildman–Crippen LogP) is 0.768.